The van der Waals surface area contributed by atoms with Gasteiger partial charge in [-0.05, 0) is 88.0 Å². The second-order valence-electron chi connectivity index (χ2n) is 11.4. The van der Waals surface area contributed by atoms with E-state index in [1.54, 1.807) is 30.9 Å². The second-order valence-corrected chi connectivity index (χ2v) is 13.8. The van der Waals surface area contributed by atoms with Gasteiger partial charge in [0.05, 0.1) is 30.0 Å². The Morgan fingerprint density at radius 3 is 2.76 bits per heavy atom. The van der Waals surface area contributed by atoms with Gasteiger partial charge in [0.15, 0.2) is 11.5 Å². The van der Waals surface area contributed by atoms with Crippen molar-refractivity contribution in [2.75, 3.05) is 7.11 Å². The number of amides is 1. The molecule has 0 saturated carbocycles. The van der Waals surface area contributed by atoms with Crippen molar-refractivity contribution < 1.29 is 18.7 Å². The molecule has 1 atom stereocenters. The molecular formula is C33H34BrClN2O4S. The van der Waals surface area contributed by atoms with Crippen LogP contribution in [-0.2, 0) is 26.0 Å². The Kier molecular flexibility index (Phi) is 9.45. The molecule has 0 saturated heterocycles. The van der Waals surface area contributed by atoms with E-state index in [1.165, 1.54) is 4.88 Å². The van der Waals surface area contributed by atoms with Crippen molar-refractivity contribution in [1.82, 2.24) is 5.32 Å². The molecule has 0 bridgehead atoms. The number of furan rings is 1. The van der Waals surface area contributed by atoms with Gasteiger partial charge in [0.1, 0.15) is 17.4 Å². The van der Waals surface area contributed by atoms with Crippen LogP contribution in [0.5, 0.6) is 11.5 Å². The van der Waals surface area contributed by atoms with Gasteiger partial charge < -0.3 is 19.2 Å². The zero-order valence-electron chi connectivity index (χ0n) is 24.1. The lowest BCUT2D eigenvalue weighted by Crippen LogP contribution is -2.28. The van der Waals surface area contributed by atoms with Gasteiger partial charge in [-0.25, -0.2) is 4.99 Å². The normalized spacial score (nSPS) is 15.0. The first-order chi connectivity index (χ1) is 20.1. The maximum atomic E-state index is 13.5. The zero-order chi connectivity index (χ0) is 29.9. The summed E-state index contributed by atoms with van der Waals surface area (Å²) in [5.41, 5.74) is 3.67. The van der Waals surface area contributed by atoms with Crippen LogP contribution in [0.4, 0.5) is 5.00 Å². The second kappa shape index (κ2) is 13.1. The first-order valence-electron chi connectivity index (χ1n) is 13.9. The van der Waals surface area contributed by atoms with Crippen molar-refractivity contribution >= 4 is 56.0 Å². The first kappa shape index (κ1) is 30.4. The summed E-state index contributed by atoms with van der Waals surface area (Å²) in [5.74, 6) is 2.27. The molecular weight excluding hydrogens is 636 g/mol. The summed E-state index contributed by atoms with van der Waals surface area (Å²) < 4.78 is 17.9. The molecule has 1 aliphatic rings. The van der Waals surface area contributed by atoms with E-state index in [9.17, 15) is 4.79 Å². The molecule has 2 aromatic carbocycles. The fraction of sp³-hybridized carbons (Fsp3) is 0.333. The number of fused-ring (bicyclic) bond motifs is 1. The highest BCUT2D eigenvalue weighted by Crippen LogP contribution is 2.45. The van der Waals surface area contributed by atoms with Crippen LogP contribution in [-0.4, -0.2) is 19.2 Å². The summed E-state index contributed by atoms with van der Waals surface area (Å²) in [5, 5.41) is 4.39. The van der Waals surface area contributed by atoms with Crippen molar-refractivity contribution in [2.24, 2.45) is 16.3 Å². The van der Waals surface area contributed by atoms with E-state index in [-0.39, 0.29) is 11.3 Å². The van der Waals surface area contributed by atoms with E-state index in [2.05, 4.69) is 42.0 Å². The van der Waals surface area contributed by atoms with E-state index >= 15 is 0 Å². The molecule has 42 heavy (non-hydrogen) atoms. The lowest BCUT2D eigenvalue weighted by molar-refractivity contribution is 0.0947. The number of benzene rings is 2. The van der Waals surface area contributed by atoms with E-state index < -0.39 is 0 Å². The van der Waals surface area contributed by atoms with Crippen molar-refractivity contribution in [1.29, 1.82) is 0 Å². The topological polar surface area (TPSA) is 73.1 Å². The molecule has 1 N–H and O–H groups in total. The van der Waals surface area contributed by atoms with Crippen LogP contribution in [0.1, 0.15) is 64.9 Å². The van der Waals surface area contributed by atoms with Crippen LogP contribution in [0.25, 0.3) is 0 Å². The number of carbonyl (C=O) groups is 1. The van der Waals surface area contributed by atoms with Crippen molar-refractivity contribution in [3.8, 4) is 11.5 Å². The smallest absolute Gasteiger partial charge is 0.255 e. The molecule has 4 aromatic rings. The Morgan fingerprint density at radius 2 is 2.05 bits per heavy atom. The molecule has 1 aliphatic carbocycles. The summed E-state index contributed by atoms with van der Waals surface area (Å²) in [6, 6.07) is 15.0. The summed E-state index contributed by atoms with van der Waals surface area (Å²) in [7, 11) is 1.60. The number of nitrogens with zero attached hydrogens (tertiary/aromatic N) is 1. The number of methoxy groups -OCH3 is 1. The fourth-order valence-electron chi connectivity index (χ4n) is 5.16. The number of hydrogen-bond acceptors (Lipinski definition) is 6. The third-order valence-electron chi connectivity index (χ3n) is 7.61. The summed E-state index contributed by atoms with van der Waals surface area (Å²) >= 11 is 11.6. The van der Waals surface area contributed by atoms with Crippen LogP contribution in [0.3, 0.4) is 0 Å². The molecule has 2 heterocycles. The number of carbonyl (C=O) groups excluding carboxylic acids is 1. The molecule has 0 spiro atoms. The molecule has 5 rings (SSSR count). The van der Waals surface area contributed by atoms with Gasteiger partial charge in [-0.3, -0.25) is 4.79 Å². The molecule has 6 nitrogen and oxygen atoms in total. The van der Waals surface area contributed by atoms with Gasteiger partial charge in [-0.2, -0.15) is 0 Å². The van der Waals surface area contributed by atoms with E-state index in [1.807, 2.05) is 48.5 Å². The SMILES string of the molecule is COc1cc(C=Nc2sc3c(c2C(=O)NCc2ccco2)CC[C@@H](C(C)(C)C)C3)cc(Br)c1OCc1ccccc1Cl. The van der Waals surface area contributed by atoms with Crippen molar-refractivity contribution in [2.45, 2.75) is 53.2 Å². The summed E-state index contributed by atoms with van der Waals surface area (Å²) in [6.07, 6.45) is 6.25. The Bertz CT molecular complexity index is 1590. The lowest BCUT2D eigenvalue weighted by Gasteiger charge is -2.33. The lowest BCUT2D eigenvalue weighted by atomic mass is 9.72. The minimum Gasteiger partial charge on any atom is -0.493 e. The van der Waals surface area contributed by atoms with Crippen LogP contribution in [0, 0.1) is 11.3 Å². The minimum atomic E-state index is -0.132. The van der Waals surface area contributed by atoms with Gasteiger partial charge in [-0.15, -0.1) is 11.3 Å². The van der Waals surface area contributed by atoms with Gasteiger partial charge in [-0.1, -0.05) is 50.6 Å². The van der Waals surface area contributed by atoms with Gasteiger partial charge in [0.25, 0.3) is 5.91 Å². The molecule has 0 radical (unpaired) electrons. The molecule has 9 heteroatoms. The Hall–Kier alpha value is -3.07. The molecule has 1 amide bonds. The van der Waals surface area contributed by atoms with Crippen LogP contribution >= 0.6 is 38.9 Å². The predicted octanol–water partition coefficient (Wildman–Crippen LogP) is 9.18. The number of nitrogens with one attached hydrogen (secondary N) is 1. The van der Waals surface area contributed by atoms with Gasteiger partial charge in [0.2, 0.25) is 0 Å². The molecule has 0 aliphatic heterocycles. The monoisotopic (exact) mass is 668 g/mol. The minimum absolute atomic E-state index is 0.132. The van der Waals surface area contributed by atoms with Crippen LogP contribution in [0.15, 0.2) is 68.7 Å². The third-order valence-corrected chi connectivity index (χ3v) is 9.73. The largest absolute Gasteiger partial charge is 0.493 e. The quantitative estimate of drug-likeness (QED) is 0.180. The zero-order valence-corrected chi connectivity index (χ0v) is 27.3. The highest BCUT2D eigenvalue weighted by atomic mass is 79.9. The first-order valence-corrected chi connectivity index (χ1v) is 15.9. The number of aliphatic imine (C=N–C) groups is 1. The predicted molar refractivity (Wildman–Crippen MR) is 173 cm³/mol. The standard InChI is InChI=1S/C33H34BrClN2O4S/c1-33(2,3)22-11-12-24-28(16-22)42-32(29(24)31(38)36-18-23-9-7-13-40-23)37-17-20-14-25(34)30(27(15-20)39-4)41-19-21-8-5-6-10-26(21)35/h5-10,13-15,17,22H,11-12,16,18-19H2,1-4H3,(H,36,38)/t22-/m1/s1. The third kappa shape index (κ3) is 6.93. The number of rotatable bonds is 9. The van der Waals surface area contributed by atoms with Crippen LogP contribution < -0.4 is 14.8 Å². The highest BCUT2D eigenvalue weighted by Gasteiger charge is 2.33. The van der Waals surface area contributed by atoms with Gasteiger partial charge >= 0.3 is 0 Å². The average molecular weight is 670 g/mol. The molecule has 0 unspecified atom stereocenters. The summed E-state index contributed by atoms with van der Waals surface area (Å²) in [6.45, 7) is 7.50. The number of ether oxygens (including phenoxy) is 2. The maximum absolute atomic E-state index is 13.5. The van der Waals surface area contributed by atoms with Gasteiger partial charge in [0, 0.05) is 21.7 Å². The Labute approximate surface area is 264 Å². The number of hydrogen-bond donors (Lipinski definition) is 1. The Morgan fingerprint density at radius 1 is 1.24 bits per heavy atom. The van der Waals surface area contributed by atoms with E-state index in [0.717, 1.165) is 40.4 Å². The average Bonchev–Trinajstić information content (AvgIpc) is 3.61. The summed E-state index contributed by atoms with van der Waals surface area (Å²) in [4.78, 5) is 19.6. The Balaban J connectivity index is 1.42. The molecule has 0 fully saturated rings. The van der Waals surface area contributed by atoms with E-state index in [4.69, 9.17) is 30.5 Å². The van der Waals surface area contributed by atoms with E-state index in [0.29, 0.717) is 51.9 Å². The molecule has 2 aromatic heterocycles. The number of thiophene rings is 1. The van der Waals surface area contributed by atoms with Crippen molar-refractivity contribution in [3.63, 3.8) is 0 Å². The van der Waals surface area contributed by atoms with Crippen LogP contribution in [0.2, 0.25) is 5.02 Å². The van der Waals surface area contributed by atoms with Crippen molar-refractivity contribution in [3.05, 3.63) is 97.2 Å². The highest BCUT2D eigenvalue weighted by molar-refractivity contribution is 9.10. The number of halogens is 2. The maximum Gasteiger partial charge on any atom is 0.255 e. The molecule has 220 valence electrons. The fourth-order valence-corrected chi connectivity index (χ4v) is 7.19.